The monoisotopic (exact) mass is 412 g/mol. The summed E-state index contributed by atoms with van der Waals surface area (Å²) in [5.74, 6) is 1.28. The number of benzene rings is 1. The zero-order valence-corrected chi connectivity index (χ0v) is 17.8. The van der Waals surface area contributed by atoms with Gasteiger partial charge in [0.2, 0.25) is 5.91 Å². The Morgan fingerprint density at radius 3 is 2.97 bits per heavy atom. The summed E-state index contributed by atoms with van der Waals surface area (Å²) >= 11 is 0. The lowest BCUT2D eigenvalue weighted by Gasteiger charge is -2.20. The zero-order valence-electron chi connectivity index (χ0n) is 17.8. The minimum absolute atomic E-state index is 0.0574. The van der Waals surface area contributed by atoms with Gasteiger partial charge in [-0.2, -0.15) is 0 Å². The molecule has 2 aromatic rings. The quantitative estimate of drug-likeness (QED) is 0.587. The lowest BCUT2D eigenvalue weighted by molar-refractivity contribution is -0.124. The molecule has 30 heavy (non-hydrogen) atoms. The molecule has 0 spiro atoms. The molecule has 0 bridgehead atoms. The number of hydrogen-bond acceptors (Lipinski definition) is 6. The predicted octanol–water partition coefficient (Wildman–Crippen LogP) is 2.44. The second-order valence-electron chi connectivity index (χ2n) is 8.59. The first-order valence-electron chi connectivity index (χ1n) is 10.8. The number of carbonyl (C=O) groups is 1. The second-order valence-corrected chi connectivity index (χ2v) is 8.59. The van der Waals surface area contributed by atoms with Gasteiger partial charge in [-0.25, -0.2) is 5.43 Å². The van der Waals surface area contributed by atoms with Crippen LogP contribution in [0, 0.1) is 5.92 Å². The first-order chi connectivity index (χ1) is 14.6. The molecule has 1 aromatic carbocycles. The van der Waals surface area contributed by atoms with Crippen molar-refractivity contribution in [3.05, 3.63) is 54.0 Å². The van der Waals surface area contributed by atoms with Crippen LogP contribution in [0.15, 0.2) is 47.3 Å². The highest BCUT2D eigenvalue weighted by Gasteiger charge is 2.42. The van der Waals surface area contributed by atoms with Crippen LogP contribution in [0.4, 0.5) is 0 Å². The van der Waals surface area contributed by atoms with E-state index in [1.165, 1.54) is 12.0 Å². The van der Waals surface area contributed by atoms with E-state index in [2.05, 4.69) is 40.2 Å². The molecule has 4 atom stereocenters. The van der Waals surface area contributed by atoms with Gasteiger partial charge in [-0.05, 0) is 50.6 Å². The van der Waals surface area contributed by atoms with Crippen molar-refractivity contribution in [3.8, 4) is 5.75 Å². The van der Waals surface area contributed by atoms with E-state index in [1.807, 2.05) is 25.1 Å². The number of fused-ring (bicyclic) bond motifs is 1. The van der Waals surface area contributed by atoms with Crippen LogP contribution < -0.4 is 20.9 Å². The maximum absolute atomic E-state index is 12.6. The van der Waals surface area contributed by atoms with Gasteiger partial charge in [-0.15, -0.1) is 0 Å². The van der Waals surface area contributed by atoms with Gasteiger partial charge < -0.3 is 14.5 Å². The molecule has 1 aromatic heterocycles. The summed E-state index contributed by atoms with van der Waals surface area (Å²) in [6.07, 6.45) is 6.81. The number of hydrazine groups is 1. The Balaban J connectivity index is 1.23. The number of nitrogens with one attached hydrogen (secondary N) is 3. The highest BCUT2D eigenvalue weighted by Crippen LogP contribution is 2.31. The largest absolute Gasteiger partial charge is 0.489 e. The lowest BCUT2D eigenvalue weighted by atomic mass is 9.97. The number of carbonyl (C=O) groups excluding carboxylic acids is 1. The van der Waals surface area contributed by atoms with Crippen molar-refractivity contribution in [1.82, 2.24) is 21.1 Å². The zero-order chi connectivity index (χ0) is 20.9. The van der Waals surface area contributed by atoms with Gasteiger partial charge >= 0.3 is 0 Å². The molecule has 1 saturated carbocycles. The van der Waals surface area contributed by atoms with E-state index in [9.17, 15) is 4.79 Å². The van der Waals surface area contributed by atoms with Crippen LogP contribution in [0.2, 0.25) is 0 Å². The highest BCUT2D eigenvalue weighted by molar-refractivity contribution is 5.82. The maximum Gasteiger partial charge on any atom is 0.238 e. The highest BCUT2D eigenvalue weighted by atomic mass is 16.5. The van der Waals surface area contributed by atoms with Gasteiger partial charge in [0.1, 0.15) is 17.9 Å². The number of amides is 1. The smallest absolute Gasteiger partial charge is 0.238 e. The second kappa shape index (κ2) is 9.64. The Labute approximate surface area is 178 Å². The fourth-order valence-corrected chi connectivity index (χ4v) is 4.54. The third kappa shape index (κ3) is 5.22. The summed E-state index contributed by atoms with van der Waals surface area (Å²) in [7, 11) is 2.08. The van der Waals surface area contributed by atoms with Gasteiger partial charge in [0.25, 0.3) is 0 Å². The Morgan fingerprint density at radius 2 is 2.13 bits per heavy atom. The minimum Gasteiger partial charge on any atom is -0.489 e. The molecule has 4 rings (SSSR count). The van der Waals surface area contributed by atoms with Crippen LogP contribution in [0.1, 0.15) is 37.3 Å². The van der Waals surface area contributed by atoms with Gasteiger partial charge in [-0.1, -0.05) is 18.6 Å². The number of rotatable bonds is 9. The van der Waals surface area contributed by atoms with Crippen molar-refractivity contribution in [2.24, 2.45) is 5.92 Å². The van der Waals surface area contributed by atoms with Gasteiger partial charge in [-0.3, -0.25) is 15.1 Å². The van der Waals surface area contributed by atoms with Crippen molar-refractivity contribution in [1.29, 1.82) is 0 Å². The van der Waals surface area contributed by atoms with E-state index in [0.29, 0.717) is 18.5 Å². The first kappa shape index (κ1) is 20.9. The summed E-state index contributed by atoms with van der Waals surface area (Å²) in [5.41, 5.74) is 8.76. The molecule has 1 saturated heterocycles. The van der Waals surface area contributed by atoms with E-state index in [0.717, 1.165) is 37.2 Å². The maximum atomic E-state index is 12.6. The van der Waals surface area contributed by atoms with Crippen LogP contribution in [-0.2, 0) is 17.9 Å². The molecule has 1 aliphatic carbocycles. The lowest BCUT2D eigenvalue weighted by Crippen LogP contribution is -2.47. The summed E-state index contributed by atoms with van der Waals surface area (Å²) in [6, 6.07) is 10.4. The van der Waals surface area contributed by atoms with Crippen LogP contribution in [0.25, 0.3) is 0 Å². The standard InChI is InChI=1S/C23H32N4O3/c1-16(12-24-23(28)22-20-7-4-8-21(20)25-26-22)30-19-6-3-5-17(11-19)13-27(2)14-18-9-10-29-15-18/h3,5-6,9-11,15-16,20-22,25-26H,4,7-8,12-14H2,1-2H3,(H,24,28). The van der Waals surface area contributed by atoms with Crippen molar-refractivity contribution in [3.63, 3.8) is 0 Å². The molecule has 1 amide bonds. The normalized spacial score (nSPS) is 24.0. The first-order valence-corrected chi connectivity index (χ1v) is 10.8. The summed E-state index contributed by atoms with van der Waals surface area (Å²) in [5, 5.41) is 3.05. The van der Waals surface area contributed by atoms with Crippen molar-refractivity contribution in [2.45, 2.75) is 57.5 Å². The third-order valence-electron chi connectivity index (χ3n) is 5.99. The molecule has 3 N–H and O–H groups in total. The average Bonchev–Trinajstić information content (AvgIpc) is 3.44. The molecule has 2 heterocycles. The molecule has 7 nitrogen and oxygen atoms in total. The number of hydrogen-bond donors (Lipinski definition) is 3. The fourth-order valence-electron chi connectivity index (χ4n) is 4.54. The molecule has 2 fully saturated rings. The number of furan rings is 1. The molecule has 7 heteroatoms. The van der Waals surface area contributed by atoms with E-state index in [-0.39, 0.29) is 18.1 Å². The van der Waals surface area contributed by atoms with Gasteiger partial charge in [0.15, 0.2) is 0 Å². The molecule has 0 radical (unpaired) electrons. The molecular weight excluding hydrogens is 380 g/mol. The van der Waals surface area contributed by atoms with Crippen molar-refractivity contribution < 1.29 is 13.9 Å². The Hall–Kier alpha value is -2.35. The summed E-state index contributed by atoms with van der Waals surface area (Å²) in [6.45, 7) is 4.11. The van der Waals surface area contributed by atoms with E-state index in [1.54, 1.807) is 12.5 Å². The molecule has 2 aliphatic rings. The Morgan fingerprint density at radius 1 is 1.27 bits per heavy atom. The third-order valence-corrected chi connectivity index (χ3v) is 5.99. The van der Waals surface area contributed by atoms with Gasteiger partial charge in [0.05, 0.1) is 19.1 Å². The number of ether oxygens (including phenoxy) is 1. The van der Waals surface area contributed by atoms with Crippen molar-refractivity contribution >= 4 is 5.91 Å². The summed E-state index contributed by atoms with van der Waals surface area (Å²) in [4.78, 5) is 14.8. The molecule has 162 valence electrons. The van der Waals surface area contributed by atoms with Crippen LogP contribution in [0.3, 0.4) is 0 Å². The topological polar surface area (TPSA) is 78.8 Å². The predicted molar refractivity (Wildman–Crippen MR) is 115 cm³/mol. The van der Waals surface area contributed by atoms with Crippen LogP contribution >= 0.6 is 0 Å². The fraction of sp³-hybridized carbons (Fsp3) is 0.522. The van der Waals surface area contributed by atoms with E-state index >= 15 is 0 Å². The van der Waals surface area contributed by atoms with Crippen LogP contribution in [-0.4, -0.2) is 42.6 Å². The van der Waals surface area contributed by atoms with E-state index in [4.69, 9.17) is 9.15 Å². The minimum atomic E-state index is -0.140. The van der Waals surface area contributed by atoms with E-state index < -0.39 is 0 Å². The SMILES string of the molecule is CC(CNC(=O)C1NNC2CCCC21)Oc1cccc(CN(C)Cc2ccoc2)c1. The summed E-state index contributed by atoms with van der Waals surface area (Å²) < 4.78 is 11.2. The number of nitrogens with zero attached hydrogens (tertiary/aromatic N) is 1. The Bertz CT molecular complexity index is 826. The molecule has 1 aliphatic heterocycles. The average molecular weight is 413 g/mol. The molecule has 4 unspecified atom stereocenters. The molecular formula is C23H32N4O3. The van der Waals surface area contributed by atoms with Gasteiger partial charge in [0, 0.05) is 30.6 Å². The Kier molecular flexibility index (Phi) is 6.72. The van der Waals surface area contributed by atoms with Crippen molar-refractivity contribution in [2.75, 3.05) is 13.6 Å². The van der Waals surface area contributed by atoms with Crippen LogP contribution in [0.5, 0.6) is 5.75 Å².